The summed E-state index contributed by atoms with van der Waals surface area (Å²) in [6, 6.07) is 2.80. The molecule has 1 aromatic carbocycles. The number of hydrogen-bond acceptors (Lipinski definition) is 6. The highest BCUT2D eigenvalue weighted by Gasteiger charge is 2.36. The third-order valence-corrected chi connectivity index (χ3v) is 8.37. The zero-order valence-electron chi connectivity index (χ0n) is 17.1. The molecule has 3 rings (SSSR count). The largest absolute Gasteiger partial charge is 0.379 e. The van der Waals surface area contributed by atoms with E-state index < -0.39 is 25.7 Å². The zero-order valence-corrected chi connectivity index (χ0v) is 19.4. The molecule has 29 heavy (non-hydrogen) atoms. The molecule has 0 aromatic heterocycles. The van der Waals surface area contributed by atoms with E-state index in [0.717, 1.165) is 30.6 Å². The lowest BCUT2D eigenvalue weighted by Crippen LogP contribution is -2.50. The van der Waals surface area contributed by atoms with Gasteiger partial charge in [0.2, 0.25) is 10.0 Å². The maximum absolute atomic E-state index is 14.8. The highest BCUT2D eigenvalue weighted by molar-refractivity contribution is 8.05. The van der Waals surface area contributed by atoms with Crippen molar-refractivity contribution in [2.24, 2.45) is 0 Å². The molecule has 0 amide bonds. The number of benzene rings is 1. The first-order chi connectivity index (χ1) is 13.5. The van der Waals surface area contributed by atoms with E-state index in [4.69, 9.17) is 11.6 Å². The Balaban J connectivity index is 1.82. The number of likely N-dealkylation sites (N-methyl/N-ethyl adjacent to an activating group) is 1. The Morgan fingerprint density at radius 2 is 2.00 bits per heavy atom. The van der Waals surface area contributed by atoms with Crippen molar-refractivity contribution in [3.05, 3.63) is 34.1 Å². The van der Waals surface area contributed by atoms with E-state index in [1.165, 1.54) is 23.9 Å². The number of nitrogens with zero attached hydrogens (tertiary/aromatic N) is 1. The van der Waals surface area contributed by atoms with E-state index in [1.54, 1.807) is 13.1 Å². The van der Waals surface area contributed by atoms with Crippen LogP contribution in [-0.4, -0.2) is 44.5 Å². The number of sulfonamides is 1. The van der Waals surface area contributed by atoms with E-state index in [9.17, 15) is 12.8 Å². The lowest BCUT2D eigenvalue weighted by molar-refractivity contribution is 0.211. The fourth-order valence-electron chi connectivity index (χ4n) is 3.92. The molecule has 1 fully saturated rings. The van der Waals surface area contributed by atoms with Crippen LogP contribution in [0.15, 0.2) is 28.1 Å². The van der Waals surface area contributed by atoms with Crippen molar-refractivity contribution in [3.63, 3.8) is 0 Å². The molecule has 1 heterocycles. The van der Waals surface area contributed by atoms with Crippen molar-refractivity contribution in [1.29, 1.82) is 0 Å². The summed E-state index contributed by atoms with van der Waals surface area (Å²) in [5.74, 6) is -0.835. The maximum atomic E-state index is 14.8. The molecular weight excluding hydrogens is 435 g/mol. The molecule has 0 spiro atoms. The minimum atomic E-state index is -4.11. The van der Waals surface area contributed by atoms with E-state index >= 15 is 0 Å². The summed E-state index contributed by atoms with van der Waals surface area (Å²) >= 11 is 7.68. The topological polar surface area (TPSA) is 73.5 Å². The molecule has 0 bridgehead atoms. The molecule has 0 radical (unpaired) electrons. The van der Waals surface area contributed by atoms with Gasteiger partial charge in [-0.1, -0.05) is 36.2 Å². The van der Waals surface area contributed by atoms with Crippen molar-refractivity contribution < 1.29 is 12.8 Å². The quantitative estimate of drug-likeness (QED) is 0.595. The van der Waals surface area contributed by atoms with Crippen LogP contribution in [0.4, 0.5) is 10.1 Å². The van der Waals surface area contributed by atoms with Crippen LogP contribution in [0.25, 0.3) is 0 Å². The summed E-state index contributed by atoms with van der Waals surface area (Å²) in [7, 11) is -0.0585. The highest BCUT2D eigenvalue weighted by Crippen LogP contribution is 2.35. The van der Waals surface area contributed by atoms with Gasteiger partial charge in [0.05, 0.1) is 10.7 Å². The van der Waals surface area contributed by atoms with Crippen LogP contribution in [0.3, 0.4) is 0 Å². The van der Waals surface area contributed by atoms with Gasteiger partial charge in [-0.3, -0.25) is 0 Å². The molecule has 1 saturated carbocycles. The Labute approximate surface area is 181 Å². The third-order valence-electron chi connectivity index (χ3n) is 5.29. The second kappa shape index (κ2) is 8.63. The van der Waals surface area contributed by atoms with Crippen LogP contribution in [-0.2, 0) is 10.0 Å². The molecule has 10 heteroatoms. The Morgan fingerprint density at radius 1 is 1.31 bits per heavy atom. The molecule has 1 aliphatic carbocycles. The predicted molar refractivity (Wildman–Crippen MR) is 118 cm³/mol. The number of hydrogen-bond donors (Lipinski definition) is 3. The fraction of sp³-hybridized carbons (Fsp3) is 0.579. The minimum absolute atomic E-state index is 0.128. The lowest BCUT2D eigenvalue weighted by atomic mass is 9.89. The van der Waals surface area contributed by atoms with Gasteiger partial charge < -0.3 is 15.5 Å². The van der Waals surface area contributed by atoms with Crippen LogP contribution in [0, 0.1) is 5.82 Å². The zero-order chi connectivity index (χ0) is 21.4. The molecule has 3 N–H and O–H groups in total. The van der Waals surface area contributed by atoms with Gasteiger partial charge in [-0.2, -0.15) is 4.72 Å². The normalized spacial score (nSPS) is 27.6. The Bertz CT molecular complexity index is 910. The molecule has 1 aromatic rings. The SMILES string of the molecule is CC1=CNC(C)(NS(=O)(=O)c2cc(Cl)c(N[C@H]3CCCC[C@@H]3N(C)C)cc2F)S1. The molecule has 162 valence electrons. The summed E-state index contributed by atoms with van der Waals surface area (Å²) in [5, 5.41) is 6.48. The first-order valence-corrected chi connectivity index (χ1v) is 12.3. The van der Waals surface area contributed by atoms with E-state index in [0.29, 0.717) is 11.7 Å². The Morgan fingerprint density at radius 3 is 2.62 bits per heavy atom. The Kier molecular flexibility index (Phi) is 6.75. The van der Waals surface area contributed by atoms with Gasteiger partial charge in [0.1, 0.15) is 10.7 Å². The van der Waals surface area contributed by atoms with E-state index in [2.05, 4.69) is 20.3 Å². The van der Waals surface area contributed by atoms with Crippen molar-refractivity contribution in [2.45, 2.75) is 61.5 Å². The van der Waals surface area contributed by atoms with E-state index in [1.807, 2.05) is 21.0 Å². The first-order valence-electron chi connectivity index (χ1n) is 9.60. The average Bonchev–Trinajstić information content (AvgIpc) is 2.95. The van der Waals surface area contributed by atoms with Gasteiger partial charge in [-0.25, -0.2) is 12.8 Å². The minimum Gasteiger partial charge on any atom is -0.379 e. The van der Waals surface area contributed by atoms with Gasteiger partial charge >= 0.3 is 0 Å². The van der Waals surface area contributed by atoms with Gasteiger partial charge in [-0.15, -0.1) is 0 Å². The number of nitrogens with one attached hydrogen (secondary N) is 3. The highest BCUT2D eigenvalue weighted by atomic mass is 35.5. The smallest absolute Gasteiger partial charge is 0.246 e. The second-order valence-corrected chi connectivity index (χ2v) is 11.7. The number of halogens is 2. The van der Waals surface area contributed by atoms with Crippen molar-refractivity contribution >= 4 is 39.1 Å². The van der Waals surface area contributed by atoms with Crippen LogP contribution >= 0.6 is 23.4 Å². The van der Waals surface area contributed by atoms with Crippen molar-refractivity contribution in [3.8, 4) is 0 Å². The van der Waals surface area contributed by atoms with E-state index in [-0.39, 0.29) is 11.1 Å². The number of rotatable bonds is 6. The second-order valence-electron chi connectivity index (χ2n) is 7.97. The number of allylic oxidation sites excluding steroid dienone is 1. The van der Waals surface area contributed by atoms with Crippen LogP contribution in [0.5, 0.6) is 0 Å². The van der Waals surface area contributed by atoms with Crippen LogP contribution in [0.2, 0.25) is 5.02 Å². The summed E-state index contributed by atoms with van der Waals surface area (Å²) in [5.41, 5.74) is 0.416. The van der Waals surface area contributed by atoms with Gasteiger partial charge in [0.15, 0.2) is 4.99 Å². The lowest BCUT2D eigenvalue weighted by Gasteiger charge is -2.37. The van der Waals surface area contributed by atoms with Gasteiger partial charge in [-0.05, 0) is 52.9 Å². The van der Waals surface area contributed by atoms with Crippen LogP contribution in [0.1, 0.15) is 39.5 Å². The molecule has 3 atom stereocenters. The molecule has 1 aliphatic heterocycles. The number of thioether (sulfide) groups is 1. The first kappa shape index (κ1) is 22.7. The van der Waals surface area contributed by atoms with Gasteiger partial charge in [0.25, 0.3) is 0 Å². The average molecular weight is 463 g/mol. The van der Waals surface area contributed by atoms with Crippen molar-refractivity contribution in [1.82, 2.24) is 14.9 Å². The fourth-order valence-corrected chi connectivity index (χ4v) is 6.85. The summed E-state index contributed by atoms with van der Waals surface area (Å²) in [6.07, 6.45) is 5.98. The standard InChI is InChI=1S/C19H28ClFN4O2S2/c1-12-11-22-19(2,28-12)24-29(26,27)18-9-13(20)16(10-14(18)21)23-15-7-5-6-8-17(15)25(3)4/h9-11,15,17,22-24H,5-8H2,1-4H3/t15-,17-,19?/m0/s1. The molecule has 6 nitrogen and oxygen atoms in total. The predicted octanol–water partition coefficient (Wildman–Crippen LogP) is 3.91. The molecule has 2 aliphatic rings. The molecule has 0 saturated heterocycles. The van der Waals surface area contributed by atoms with Crippen molar-refractivity contribution in [2.75, 3.05) is 19.4 Å². The monoisotopic (exact) mass is 462 g/mol. The van der Waals surface area contributed by atoms with Gasteiger partial charge in [0, 0.05) is 23.2 Å². The third kappa shape index (κ3) is 5.19. The molecule has 1 unspecified atom stereocenters. The van der Waals surface area contributed by atoms with Crippen LogP contribution < -0.4 is 15.4 Å². The summed E-state index contributed by atoms with van der Waals surface area (Å²) < 4.78 is 43.0. The molecular formula is C19H28ClFN4O2S2. The summed E-state index contributed by atoms with van der Waals surface area (Å²) in [6.45, 7) is 3.55. The summed E-state index contributed by atoms with van der Waals surface area (Å²) in [4.78, 5) is 1.65. The number of anilines is 1. The maximum Gasteiger partial charge on any atom is 0.246 e. The Hall–Kier alpha value is -1.00.